The second kappa shape index (κ2) is 5.42. The summed E-state index contributed by atoms with van der Waals surface area (Å²) in [7, 11) is 1.63. The number of hydrogen-bond acceptors (Lipinski definition) is 4. The zero-order valence-electron chi connectivity index (χ0n) is 7.58. The Morgan fingerprint density at radius 1 is 1.54 bits per heavy atom. The van der Waals surface area contributed by atoms with Crippen molar-refractivity contribution in [3.63, 3.8) is 0 Å². The molecule has 0 bridgehead atoms. The Morgan fingerprint density at radius 2 is 2.31 bits per heavy atom. The maximum absolute atomic E-state index is 5.81. The number of hydrogen-bond donors (Lipinski definition) is 0. The fourth-order valence-corrected chi connectivity index (χ4v) is 1.54. The average molecular weight is 219 g/mol. The lowest BCUT2D eigenvalue weighted by molar-refractivity contribution is 0.181. The molecule has 72 valence electrons. The van der Waals surface area contributed by atoms with Crippen LogP contribution in [0.25, 0.3) is 0 Å². The van der Waals surface area contributed by atoms with Crippen LogP contribution in [-0.2, 0) is 17.1 Å². The number of aromatic nitrogens is 2. The van der Waals surface area contributed by atoms with Crippen LogP contribution in [0.2, 0.25) is 5.15 Å². The molecular formula is C8H11ClN2OS. The Bertz CT molecular complexity index is 259. The molecule has 3 nitrogen and oxygen atoms in total. The molecule has 0 radical (unpaired) electrons. The molecule has 0 aromatic carbocycles. The van der Waals surface area contributed by atoms with Crippen molar-refractivity contribution in [2.75, 3.05) is 13.4 Å². The van der Waals surface area contributed by atoms with Crippen LogP contribution >= 0.6 is 23.4 Å². The zero-order valence-corrected chi connectivity index (χ0v) is 9.15. The molecule has 0 N–H and O–H groups in total. The largest absolute Gasteiger partial charge is 0.378 e. The van der Waals surface area contributed by atoms with Gasteiger partial charge in [-0.15, -0.1) is 0 Å². The van der Waals surface area contributed by atoms with Crippen LogP contribution < -0.4 is 0 Å². The summed E-state index contributed by atoms with van der Waals surface area (Å²) >= 11 is 7.47. The Labute approximate surface area is 86.9 Å². The summed E-state index contributed by atoms with van der Waals surface area (Å²) in [4.78, 5) is 8.36. The summed E-state index contributed by atoms with van der Waals surface area (Å²) in [5, 5.41) is 0.478. The van der Waals surface area contributed by atoms with Gasteiger partial charge in [-0.05, 0) is 12.3 Å². The van der Waals surface area contributed by atoms with Gasteiger partial charge in [0, 0.05) is 7.11 Å². The first-order valence-corrected chi connectivity index (χ1v) is 5.53. The van der Waals surface area contributed by atoms with Crippen LogP contribution in [0.4, 0.5) is 0 Å². The normalized spacial score (nSPS) is 10.4. The fourth-order valence-electron chi connectivity index (χ4n) is 0.932. The standard InChI is InChI=1S/C8H11ClN2OS/c1-12-4-6-3-7(9)11-8(10-6)5-13-2/h3H,4-5H2,1-2H3. The van der Waals surface area contributed by atoms with Crippen LogP contribution in [0, 0.1) is 0 Å². The third kappa shape index (κ3) is 3.50. The molecule has 0 amide bonds. The molecule has 0 aliphatic rings. The molecule has 0 aliphatic heterocycles. The number of methoxy groups -OCH3 is 1. The Hall–Kier alpha value is -0.320. The molecule has 0 aliphatic carbocycles. The predicted molar refractivity (Wildman–Crippen MR) is 55.0 cm³/mol. The van der Waals surface area contributed by atoms with E-state index in [0.29, 0.717) is 11.8 Å². The van der Waals surface area contributed by atoms with Crippen molar-refractivity contribution < 1.29 is 4.74 Å². The number of rotatable bonds is 4. The quantitative estimate of drug-likeness (QED) is 0.726. The van der Waals surface area contributed by atoms with Gasteiger partial charge in [-0.3, -0.25) is 0 Å². The predicted octanol–water partition coefficient (Wildman–Crippen LogP) is 2.14. The van der Waals surface area contributed by atoms with E-state index in [1.165, 1.54) is 0 Å². The molecule has 0 saturated heterocycles. The van der Waals surface area contributed by atoms with E-state index in [-0.39, 0.29) is 0 Å². The van der Waals surface area contributed by atoms with Crippen LogP contribution in [0.1, 0.15) is 11.5 Å². The van der Waals surface area contributed by atoms with Crippen LogP contribution in [0.15, 0.2) is 6.07 Å². The maximum atomic E-state index is 5.81. The first-order chi connectivity index (χ1) is 6.26. The summed E-state index contributed by atoms with van der Waals surface area (Å²) < 4.78 is 4.96. The van der Waals surface area contributed by atoms with Gasteiger partial charge in [0.25, 0.3) is 0 Å². The molecule has 1 aromatic rings. The Morgan fingerprint density at radius 3 is 2.92 bits per heavy atom. The molecule has 0 saturated carbocycles. The van der Waals surface area contributed by atoms with Gasteiger partial charge in [-0.2, -0.15) is 11.8 Å². The van der Waals surface area contributed by atoms with Gasteiger partial charge in [0.15, 0.2) is 0 Å². The van der Waals surface area contributed by atoms with E-state index in [1.807, 2.05) is 6.26 Å². The van der Waals surface area contributed by atoms with E-state index in [1.54, 1.807) is 24.9 Å². The molecule has 1 heterocycles. The number of halogens is 1. The number of thioether (sulfide) groups is 1. The molecule has 0 atom stereocenters. The zero-order chi connectivity index (χ0) is 9.68. The molecule has 0 fully saturated rings. The lowest BCUT2D eigenvalue weighted by Crippen LogP contribution is -1.99. The van der Waals surface area contributed by atoms with Crippen LogP contribution in [0.3, 0.4) is 0 Å². The lowest BCUT2D eigenvalue weighted by Gasteiger charge is -2.02. The summed E-state index contributed by atoms with van der Waals surface area (Å²) in [6.07, 6.45) is 2.00. The first-order valence-electron chi connectivity index (χ1n) is 3.76. The highest BCUT2D eigenvalue weighted by Crippen LogP contribution is 2.11. The minimum absolute atomic E-state index is 0.476. The third-order valence-corrected chi connectivity index (χ3v) is 2.10. The van der Waals surface area contributed by atoms with Gasteiger partial charge < -0.3 is 4.74 Å². The smallest absolute Gasteiger partial charge is 0.140 e. The second-order valence-corrected chi connectivity index (χ2v) is 3.72. The van der Waals surface area contributed by atoms with Crippen LogP contribution in [0.5, 0.6) is 0 Å². The lowest BCUT2D eigenvalue weighted by atomic mass is 10.4. The van der Waals surface area contributed by atoms with E-state index in [4.69, 9.17) is 16.3 Å². The van der Waals surface area contributed by atoms with Crippen molar-refractivity contribution in [3.05, 3.63) is 22.7 Å². The van der Waals surface area contributed by atoms with Crippen molar-refractivity contribution >= 4 is 23.4 Å². The van der Waals surface area contributed by atoms with Crippen molar-refractivity contribution in [1.29, 1.82) is 0 Å². The Kier molecular flexibility index (Phi) is 4.48. The number of ether oxygens (including phenoxy) is 1. The molecule has 0 unspecified atom stereocenters. The first kappa shape index (κ1) is 10.8. The van der Waals surface area contributed by atoms with Gasteiger partial charge >= 0.3 is 0 Å². The van der Waals surface area contributed by atoms with Gasteiger partial charge in [0.2, 0.25) is 0 Å². The molecule has 13 heavy (non-hydrogen) atoms. The van der Waals surface area contributed by atoms with E-state index in [2.05, 4.69) is 9.97 Å². The second-order valence-electron chi connectivity index (χ2n) is 2.46. The minimum atomic E-state index is 0.476. The highest BCUT2D eigenvalue weighted by atomic mass is 35.5. The molecule has 1 rings (SSSR count). The van der Waals surface area contributed by atoms with Crippen LogP contribution in [-0.4, -0.2) is 23.3 Å². The summed E-state index contributed by atoms with van der Waals surface area (Å²) in [5.41, 5.74) is 0.826. The Balaban J connectivity index is 2.83. The minimum Gasteiger partial charge on any atom is -0.378 e. The van der Waals surface area contributed by atoms with Gasteiger partial charge in [-0.1, -0.05) is 11.6 Å². The van der Waals surface area contributed by atoms with Crippen molar-refractivity contribution in [3.8, 4) is 0 Å². The van der Waals surface area contributed by atoms with E-state index in [9.17, 15) is 0 Å². The highest BCUT2D eigenvalue weighted by molar-refractivity contribution is 7.97. The third-order valence-electron chi connectivity index (χ3n) is 1.36. The van der Waals surface area contributed by atoms with Gasteiger partial charge in [-0.25, -0.2) is 9.97 Å². The summed E-state index contributed by atoms with van der Waals surface area (Å²) in [6, 6.07) is 1.72. The average Bonchev–Trinajstić information content (AvgIpc) is 2.04. The maximum Gasteiger partial charge on any atom is 0.140 e. The summed E-state index contributed by atoms with van der Waals surface area (Å²) in [5.74, 6) is 1.53. The van der Waals surface area contributed by atoms with Crippen molar-refractivity contribution in [1.82, 2.24) is 9.97 Å². The molecule has 5 heteroatoms. The van der Waals surface area contributed by atoms with E-state index < -0.39 is 0 Å². The summed E-state index contributed by atoms with van der Waals surface area (Å²) in [6.45, 7) is 0.476. The van der Waals surface area contributed by atoms with Crippen molar-refractivity contribution in [2.45, 2.75) is 12.4 Å². The monoisotopic (exact) mass is 218 g/mol. The van der Waals surface area contributed by atoms with Crippen molar-refractivity contribution in [2.24, 2.45) is 0 Å². The molecular weight excluding hydrogens is 208 g/mol. The molecule has 1 aromatic heterocycles. The fraction of sp³-hybridized carbons (Fsp3) is 0.500. The van der Waals surface area contributed by atoms with E-state index >= 15 is 0 Å². The topological polar surface area (TPSA) is 35.0 Å². The molecule has 0 spiro atoms. The highest BCUT2D eigenvalue weighted by Gasteiger charge is 2.02. The number of nitrogens with zero attached hydrogens (tertiary/aromatic N) is 2. The van der Waals surface area contributed by atoms with Gasteiger partial charge in [0.05, 0.1) is 18.1 Å². The van der Waals surface area contributed by atoms with E-state index in [0.717, 1.165) is 17.3 Å². The van der Waals surface area contributed by atoms with Gasteiger partial charge in [0.1, 0.15) is 11.0 Å². The SMILES string of the molecule is COCc1cc(Cl)nc(CSC)n1.